The first kappa shape index (κ1) is 14.5. The summed E-state index contributed by atoms with van der Waals surface area (Å²) in [5, 5.41) is 4.68. The van der Waals surface area contributed by atoms with Crippen LogP contribution in [0.1, 0.15) is 33.9 Å². The van der Waals surface area contributed by atoms with E-state index in [1.807, 2.05) is 18.3 Å². The molecule has 112 valence electrons. The SMILES string of the molecule is Cc1cccc(OCCc2ncc(CNC3CC3)s2)c1C. The van der Waals surface area contributed by atoms with Crippen molar-refractivity contribution in [3.63, 3.8) is 0 Å². The minimum Gasteiger partial charge on any atom is -0.493 e. The number of aryl methyl sites for hydroxylation is 1. The van der Waals surface area contributed by atoms with Crippen molar-refractivity contribution in [2.24, 2.45) is 0 Å². The van der Waals surface area contributed by atoms with E-state index in [4.69, 9.17) is 4.74 Å². The van der Waals surface area contributed by atoms with Crippen LogP contribution in [-0.2, 0) is 13.0 Å². The van der Waals surface area contributed by atoms with Gasteiger partial charge in [0.15, 0.2) is 0 Å². The van der Waals surface area contributed by atoms with E-state index < -0.39 is 0 Å². The molecule has 1 saturated carbocycles. The molecule has 1 N–H and O–H groups in total. The monoisotopic (exact) mass is 302 g/mol. The Bertz CT molecular complexity index is 605. The van der Waals surface area contributed by atoms with Gasteiger partial charge in [-0.3, -0.25) is 0 Å². The van der Waals surface area contributed by atoms with Crippen LogP contribution in [0.25, 0.3) is 0 Å². The standard InChI is InChI=1S/C17H22N2OS/c1-12-4-3-5-16(13(12)2)20-9-8-17-19-11-15(21-17)10-18-14-6-7-14/h3-5,11,14,18H,6-10H2,1-2H3. The summed E-state index contributed by atoms with van der Waals surface area (Å²) in [4.78, 5) is 5.81. The molecule has 1 fully saturated rings. The van der Waals surface area contributed by atoms with Crippen LogP contribution in [0.5, 0.6) is 5.75 Å². The average Bonchev–Trinajstić information content (AvgIpc) is 3.20. The maximum Gasteiger partial charge on any atom is 0.122 e. The summed E-state index contributed by atoms with van der Waals surface area (Å²) >= 11 is 1.79. The minimum absolute atomic E-state index is 0.688. The Morgan fingerprint density at radius 2 is 2.19 bits per heavy atom. The molecule has 0 aliphatic heterocycles. The fraction of sp³-hybridized carbons (Fsp3) is 0.471. The number of aromatic nitrogens is 1. The maximum atomic E-state index is 5.89. The Kier molecular flexibility index (Phi) is 4.56. The van der Waals surface area contributed by atoms with Crippen molar-refractivity contribution >= 4 is 11.3 Å². The van der Waals surface area contributed by atoms with Gasteiger partial charge < -0.3 is 10.1 Å². The van der Waals surface area contributed by atoms with E-state index >= 15 is 0 Å². The van der Waals surface area contributed by atoms with Gasteiger partial charge in [0.2, 0.25) is 0 Å². The smallest absolute Gasteiger partial charge is 0.122 e. The number of hydrogen-bond acceptors (Lipinski definition) is 4. The Morgan fingerprint density at radius 3 is 3.00 bits per heavy atom. The summed E-state index contributed by atoms with van der Waals surface area (Å²) in [6.45, 7) is 5.87. The second kappa shape index (κ2) is 6.58. The van der Waals surface area contributed by atoms with Crippen molar-refractivity contribution in [2.75, 3.05) is 6.61 Å². The molecular formula is C17H22N2OS. The summed E-state index contributed by atoms with van der Waals surface area (Å²) in [6, 6.07) is 6.95. The van der Waals surface area contributed by atoms with Crippen LogP contribution >= 0.6 is 11.3 Å². The Labute approximate surface area is 130 Å². The number of hydrogen-bond donors (Lipinski definition) is 1. The third-order valence-electron chi connectivity index (χ3n) is 3.87. The molecule has 0 amide bonds. The Morgan fingerprint density at radius 1 is 1.33 bits per heavy atom. The molecule has 1 aliphatic carbocycles. The molecule has 1 aromatic carbocycles. The van der Waals surface area contributed by atoms with Crippen LogP contribution in [-0.4, -0.2) is 17.6 Å². The number of thiazole rings is 1. The molecule has 0 spiro atoms. The lowest BCUT2D eigenvalue weighted by atomic mass is 10.1. The maximum absolute atomic E-state index is 5.89. The summed E-state index contributed by atoms with van der Waals surface area (Å²) < 4.78 is 5.89. The summed E-state index contributed by atoms with van der Waals surface area (Å²) in [5.41, 5.74) is 2.50. The zero-order valence-corrected chi connectivity index (χ0v) is 13.5. The number of rotatable bonds is 7. The van der Waals surface area contributed by atoms with E-state index in [-0.39, 0.29) is 0 Å². The molecule has 0 atom stereocenters. The van der Waals surface area contributed by atoms with Crippen LogP contribution in [0.4, 0.5) is 0 Å². The van der Waals surface area contributed by atoms with Crippen LogP contribution < -0.4 is 10.1 Å². The molecule has 0 bridgehead atoms. The number of benzene rings is 1. The molecule has 3 rings (SSSR count). The molecule has 0 unspecified atom stereocenters. The van der Waals surface area contributed by atoms with Gasteiger partial charge in [-0.1, -0.05) is 12.1 Å². The van der Waals surface area contributed by atoms with Crippen molar-refractivity contribution in [1.29, 1.82) is 0 Å². The van der Waals surface area contributed by atoms with Gasteiger partial charge in [-0.2, -0.15) is 0 Å². The highest BCUT2D eigenvalue weighted by Gasteiger charge is 2.20. The van der Waals surface area contributed by atoms with Crippen LogP contribution in [0.2, 0.25) is 0 Å². The third-order valence-corrected chi connectivity index (χ3v) is 4.93. The van der Waals surface area contributed by atoms with E-state index in [1.54, 1.807) is 11.3 Å². The van der Waals surface area contributed by atoms with Crippen LogP contribution in [0, 0.1) is 13.8 Å². The van der Waals surface area contributed by atoms with Crippen LogP contribution in [0.15, 0.2) is 24.4 Å². The number of nitrogens with zero attached hydrogens (tertiary/aromatic N) is 1. The summed E-state index contributed by atoms with van der Waals surface area (Å²) in [6.07, 6.45) is 5.53. The summed E-state index contributed by atoms with van der Waals surface area (Å²) in [5.74, 6) is 0.988. The number of nitrogens with one attached hydrogen (secondary N) is 1. The van der Waals surface area contributed by atoms with Crippen molar-refractivity contribution in [3.05, 3.63) is 45.4 Å². The van der Waals surface area contributed by atoms with Gasteiger partial charge in [-0.05, 0) is 43.9 Å². The van der Waals surface area contributed by atoms with E-state index in [0.29, 0.717) is 6.61 Å². The largest absolute Gasteiger partial charge is 0.493 e. The molecule has 0 saturated heterocycles. The van der Waals surface area contributed by atoms with Gasteiger partial charge >= 0.3 is 0 Å². The van der Waals surface area contributed by atoms with Crippen molar-refractivity contribution in [2.45, 2.75) is 45.7 Å². The Hall–Kier alpha value is -1.39. The zero-order valence-electron chi connectivity index (χ0n) is 12.7. The van der Waals surface area contributed by atoms with Gasteiger partial charge in [-0.25, -0.2) is 4.98 Å². The van der Waals surface area contributed by atoms with Gasteiger partial charge in [0, 0.05) is 30.1 Å². The highest BCUT2D eigenvalue weighted by molar-refractivity contribution is 7.11. The first-order valence-electron chi connectivity index (χ1n) is 7.58. The van der Waals surface area contributed by atoms with E-state index in [1.165, 1.54) is 28.8 Å². The summed E-state index contributed by atoms with van der Waals surface area (Å²) in [7, 11) is 0. The van der Waals surface area contributed by atoms with Gasteiger partial charge in [0.05, 0.1) is 11.6 Å². The Balaban J connectivity index is 1.47. The first-order chi connectivity index (χ1) is 10.2. The normalized spacial score (nSPS) is 14.4. The van der Waals surface area contributed by atoms with Crippen molar-refractivity contribution in [3.8, 4) is 5.75 Å². The molecule has 2 aromatic rings. The second-order valence-corrected chi connectivity index (χ2v) is 6.87. The lowest BCUT2D eigenvalue weighted by Crippen LogP contribution is -2.14. The topological polar surface area (TPSA) is 34.1 Å². The first-order valence-corrected chi connectivity index (χ1v) is 8.40. The molecule has 3 nitrogen and oxygen atoms in total. The quantitative estimate of drug-likeness (QED) is 0.848. The second-order valence-electron chi connectivity index (χ2n) is 5.67. The predicted octanol–water partition coefficient (Wildman–Crippen LogP) is 3.63. The molecule has 4 heteroatoms. The highest BCUT2D eigenvalue weighted by atomic mass is 32.1. The predicted molar refractivity (Wildman–Crippen MR) is 87.1 cm³/mol. The van der Waals surface area contributed by atoms with Crippen molar-refractivity contribution < 1.29 is 4.74 Å². The van der Waals surface area contributed by atoms with E-state index in [2.05, 4.69) is 30.2 Å². The fourth-order valence-corrected chi connectivity index (χ4v) is 3.06. The molecule has 0 radical (unpaired) electrons. The molecular weight excluding hydrogens is 280 g/mol. The van der Waals surface area contributed by atoms with Crippen LogP contribution in [0.3, 0.4) is 0 Å². The highest BCUT2D eigenvalue weighted by Crippen LogP contribution is 2.22. The third kappa shape index (κ3) is 4.05. The van der Waals surface area contributed by atoms with Gasteiger partial charge in [0.1, 0.15) is 5.75 Å². The zero-order chi connectivity index (χ0) is 14.7. The average molecular weight is 302 g/mol. The molecule has 1 heterocycles. The molecule has 21 heavy (non-hydrogen) atoms. The lowest BCUT2D eigenvalue weighted by molar-refractivity contribution is 0.319. The molecule has 1 aliphatic rings. The van der Waals surface area contributed by atoms with E-state index in [0.717, 1.165) is 29.8 Å². The van der Waals surface area contributed by atoms with Gasteiger partial charge in [0.25, 0.3) is 0 Å². The number of ether oxygens (including phenoxy) is 1. The van der Waals surface area contributed by atoms with E-state index in [9.17, 15) is 0 Å². The molecule has 1 aromatic heterocycles. The minimum atomic E-state index is 0.688. The fourth-order valence-electron chi connectivity index (χ4n) is 2.21. The van der Waals surface area contributed by atoms with Gasteiger partial charge in [-0.15, -0.1) is 11.3 Å². The van der Waals surface area contributed by atoms with Crippen molar-refractivity contribution in [1.82, 2.24) is 10.3 Å². The lowest BCUT2D eigenvalue weighted by Gasteiger charge is -2.09.